The van der Waals surface area contributed by atoms with Gasteiger partial charge in [-0.1, -0.05) is 6.92 Å². The van der Waals surface area contributed by atoms with Crippen molar-refractivity contribution in [2.75, 3.05) is 26.7 Å². The lowest BCUT2D eigenvalue weighted by atomic mass is 10.0. The Morgan fingerprint density at radius 2 is 1.74 bits per heavy atom. The van der Waals surface area contributed by atoms with Gasteiger partial charge in [0.2, 0.25) is 0 Å². The Hall–Kier alpha value is -2.27. The molecule has 4 atom stereocenters. The first-order valence-electron chi connectivity index (χ1n) is 9.78. The molecule has 2 aromatic rings. The van der Waals surface area contributed by atoms with Crippen molar-refractivity contribution in [2.45, 2.75) is 31.8 Å². The van der Waals surface area contributed by atoms with Crippen LogP contribution in [0.3, 0.4) is 0 Å². The fraction of sp³-hybridized carbons (Fsp3) is 0.500. The van der Waals surface area contributed by atoms with E-state index in [4.69, 9.17) is 9.47 Å². The topological polar surface area (TPSA) is 54.8 Å². The second-order valence-electron chi connectivity index (χ2n) is 7.97. The molecule has 1 aliphatic heterocycles. The molecule has 4 rings (SSSR count). The van der Waals surface area contributed by atoms with Crippen molar-refractivity contribution >= 4 is 0 Å². The zero-order valence-electron chi connectivity index (χ0n) is 16.0. The van der Waals surface area contributed by atoms with Crippen molar-refractivity contribution in [2.24, 2.45) is 11.8 Å². The second-order valence-corrected chi connectivity index (χ2v) is 7.97. The lowest BCUT2D eigenvalue weighted by Crippen LogP contribution is -2.28. The lowest BCUT2D eigenvalue weighted by molar-refractivity contribution is 0.184. The van der Waals surface area contributed by atoms with Crippen LogP contribution in [0.4, 0.5) is 0 Å². The van der Waals surface area contributed by atoms with E-state index in [0.29, 0.717) is 12.0 Å². The normalized spacial score (nSPS) is 25.9. The molecule has 0 bridgehead atoms. The summed E-state index contributed by atoms with van der Waals surface area (Å²) in [4.78, 5) is 6.93. The fourth-order valence-electron chi connectivity index (χ4n) is 4.60. The summed E-state index contributed by atoms with van der Waals surface area (Å²) < 4.78 is 11.4. The largest absolute Gasteiger partial charge is 0.506 e. The molecular formula is C22H28N2O3. The van der Waals surface area contributed by atoms with Crippen LogP contribution in [0.5, 0.6) is 17.2 Å². The highest BCUT2D eigenvalue weighted by Crippen LogP contribution is 2.40. The third kappa shape index (κ3) is 4.19. The average Bonchev–Trinajstić information content (AvgIpc) is 3.20. The summed E-state index contributed by atoms with van der Waals surface area (Å²) in [5.41, 5.74) is 1.05. The van der Waals surface area contributed by atoms with Gasteiger partial charge in [-0.05, 0) is 61.1 Å². The van der Waals surface area contributed by atoms with E-state index in [-0.39, 0.29) is 5.75 Å². The molecule has 0 amide bonds. The molecule has 1 aromatic heterocycles. The predicted molar refractivity (Wildman–Crippen MR) is 104 cm³/mol. The third-order valence-corrected chi connectivity index (χ3v) is 5.95. The Labute approximate surface area is 160 Å². The number of ether oxygens (including phenoxy) is 2. The van der Waals surface area contributed by atoms with E-state index in [1.807, 2.05) is 30.3 Å². The predicted octanol–water partition coefficient (Wildman–Crippen LogP) is 3.69. The maximum Gasteiger partial charge on any atom is 0.133 e. The highest BCUT2D eigenvalue weighted by molar-refractivity contribution is 5.31. The second kappa shape index (κ2) is 7.77. The molecule has 5 heteroatoms. The molecule has 5 nitrogen and oxygen atoms in total. The minimum Gasteiger partial charge on any atom is -0.506 e. The number of hydrogen-bond donors (Lipinski definition) is 1. The van der Waals surface area contributed by atoms with Gasteiger partial charge in [0.25, 0.3) is 0 Å². The van der Waals surface area contributed by atoms with E-state index in [1.54, 1.807) is 13.2 Å². The molecule has 0 spiro atoms. The minimum absolute atomic E-state index is 0.226. The smallest absolute Gasteiger partial charge is 0.133 e. The molecule has 1 saturated carbocycles. The number of pyridine rings is 1. The fourth-order valence-corrected chi connectivity index (χ4v) is 4.60. The zero-order chi connectivity index (χ0) is 18.8. The van der Waals surface area contributed by atoms with Gasteiger partial charge in [-0.15, -0.1) is 0 Å². The molecule has 1 N–H and O–H groups in total. The Balaban J connectivity index is 1.27. The average molecular weight is 368 g/mol. The van der Waals surface area contributed by atoms with Gasteiger partial charge in [-0.3, -0.25) is 4.98 Å². The number of aromatic hydroxyl groups is 1. The summed E-state index contributed by atoms with van der Waals surface area (Å²) in [7, 11) is 1.68. The number of nitrogens with zero attached hydrogens (tertiary/aromatic N) is 2. The molecule has 2 aliphatic rings. The Kier molecular flexibility index (Phi) is 5.21. The van der Waals surface area contributed by atoms with Crippen LogP contribution in [0.1, 0.15) is 31.4 Å². The Morgan fingerprint density at radius 3 is 2.33 bits per heavy atom. The lowest BCUT2D eigenvalue weighted by Gasteiger charge is -2.23. The third-order valence-electron chi connectivity index (χ3n) is 5.95. The van der Waals surface area contributed by atoms with Crippen LogP contribution in [-0.2, 0) is 0 Å². The molecule has 2 unspecified atom stereocenters. The van der Waals surface area contributed by atoms with Gasteiger partial charge in [-0.25, -0.2) is 0 Å². The SMILES string of the molecule is COc1ccc(O[C@@H]2CC3CN(CC(C)c4ccc(O)cn4)C[C@@H]3C2)cc1. The maximum absolute atomic E-state index is 9.40. The first-order chi connectivity index (χ1) is 13.1. The molecule has 144 valence electrons. The molecule has 2 fully saturated rings. The van der Waals surface area contributed by atoms with Crippen LogP contribution in [-0.4, -0.2) is 47.8 Å². The van der Waals surface area contributed by atoms with Gasteiger partial charge < -0.3 is 19.5 Å². The molecule has 1 saturated heterocycles. The van der Waals surface area contributed by atoms with Gasteiger partial charge in [0.1, 0.15) is 17.2 Å². The number of benzene rings is 1. The monoisotopic (exact) mass is 368 g/mol. The molecular weight excluding hydrogens is 340 g/mol. The van der Waals surface area contributed by atoms with Gasteiger partial charge in [0, 0.05) is 31.2 Å². The minimum atomic E-state index is 0.226. The summed E-state index contributed by atoms with van der Waals surface area (Å²) in [5, 5.41) is 9.40. The van der Waals surface area contributed by atoms with Crippen molar-refractivity contribution < 1.29 is 14.6 Å². The highest BCUT2D eigenvalue weighted by atomic mass is 16.5. The van der Waals surface area contributed by atoms with Crippen molar-refractivity contribution in [1.82, 2.24) is 9.88 Å². The summed E-state index contributed by atoms with van der Waals surface area (Å²) in [6.07, 6.45) is 4.13. The van der Waals surface area contributed by atoms with Crippen LogP contribution in [0.15, 0.2) is 42.6 Å². The van der Waals surface area contributed by atoms with Crippen LogP contribution < -0.4 is 9.47 Å². The number of hydrogen-bond acceptors (Lipinski definition) is 5. The number of likely N-dealkylation sites (tertiary alicyclic amines) is 1. The molecule has 2 heterocycles. The van der Waals surface area contributed by atoms with Crippen molar-refractivity contribution in [3.05, 3.63) is 48.3 Å². The van der Waals surface area contributed by atoms with Crippen molar-refractivity contribution in [1.29, 1.82) is 0 Å². The number of aromatic nitrogens is 1. The summed E-state index contributed by atoms with van der Waals surface area (Å²) in [6.45, 7) is 5.53. The summed E-state index contributed by atoms with van der Waals surface area (Å²) in [5.74, 6) is 3.85. The summed E-state index contributed by atoms with van der Waals surface area (Å²) in [6, 6.07) is 11.5. The van der Waals surface area contributed by atoms with E-state index in [9.17, 15) is 5.11 Å². The van der Waals surface area contributed by atoms with Crippen molar-refractivity contribution in [3.63, 3.8) is 0 Å². The molecule has 0 radical (unpaired) electrons. The van der Waals surface area contributed by atoms with Gasteiger partial charge in [-0.2, -0.15) is 0 Å². The molecule has 1 aliphatic carbocycles. The van der Waals surface area contributed by atoms with Crippen LogP contribution in [0, 0.1) is 11.8 Å². The Bertz CT molecular complexity index is 733. The van der Waals surface area contributed by atoms with E-state index < -0.39 is 0 Å². The first kappa shape index (κ1) is 18.1. The molecule has 1 aromatic carbocycles. The van der Waals surface area contributed by atoms with E-state index in [1.165, 1.54) is 6.20 Å². The number of methoxy groups -OCH3 is 1. The van der Waals surface area contributed by atoms with Gasteiger partial charge >= 0.3 is 0 Å². The highest BCUT2D eigenvalue weighted by Gasteiger charge is 2.42. The van der Waals surface area contributed by atoms with Gasteiger partial charge in [0.15, 0.2) is 0 Å². The van der Waals surface area contributed by atoms with Crippen LogP contribution in [0.2, 0.25) is 0 Å². The molecule has 27 heavy (non-hydrogen) atoms. The number of fused-ring (bicyclic) bond motifs is 1. The maximum atomic E-state index is 9.40. The standard InChI is InChI=1S/C22H28N2O3/c1-15(22-8-3-18(25)11-23-22)12-24-13-16-9-21(10-17(16)14-24)27-20-6-4-19(26-2)5-7-20/h3-8,11,15-17,21,25H,9-10,12-14H2,1-2H3/t15?,16-,17?,21-/m0/s1. The van der Waals surface area contributed by atoms with Crippen LogP contribution in [0.25, 0.3) is 0 Å². The van der Waals surface area contributed by atoms with Crippen molar-refractivity contribution in [3.8, 4) is 17.2 Å². The Morgan fingerprint density at radius 1 is 1.07 bits per heavy atom. The first-order valence-corrected chi connectivity index (χ1v) is 9.78. The number of rotatable bonds is 6. The van der Waals surface area contributed by atoms with Crippen LogP contribution >= 0.6 is 0 Å². The van der Waals surface area contributed by atoms with E-state index >= 15 is 0 Å². The zero-order valence-corrected chi connectivity index (χ0v) is 16.0. The summed E-state index contributed by atoms with van der Waals surface area (Å²) >= 11 is 0. The van der Waals surface area contributed by atoms with E-state index in [2.05, 4.69) is 16.8 Å². The quantitative estimate of drug-likeness (QED) is 0.843. The van der Waals surface area contributed by atoms with Gasteiger partial charge in [0.05, 0.1) is 19.4 Å². The van der Waals surface area contributed by atoms with E-state index in [0.717, 1.165) is 61.5 Å².